The average Bonchev–Trinajstić information content (AvgIpc) is 3.27. The number of nitrogens with two attached hydrogens (primary N) is 1. The van der Waals surface area contributed by atoms with Crippen LogP contribution in [0.1, 0.15) is 5.82 Å². The Labute approximate surface area is 190 Å². The van der Waals surface area contributed by atoms with Crippen LogP contribution in [0.4, 0.5) is 5.69 Å². The second kappa shape index (κ2) is 8.13. The number of methoxy groups -OCH3 is 1. The van der Waals surface area contributed by atoms with Gasteiger partial charge < -0.3 is 15.5 Å². The summed E-state index contributed by atoms with van der Waals surface area (Å²) >= 11 is 7.77. The predicted molar refractivity (Wildman–Crippen MR) is 125 cm³/mol. The van der Waals surface area contributed by atoms with Gasteiger partial charge in [0, 0.05) is 5.69 Å². The lowest BCUT2D eigenvalue weighted by Crippen LogP contribution is -2.24. The highest BCUT2D eigenvalue weighted by Gasteiger charge is 2.19. The highest BCUT2D eigenvalue weighted by molar-refractivity contribution is 7.98. The second-order valence-electron chi connectivity index (χ2n) is 6.80. The smallest absolute Gasteiger partial charge is 0.267 e. The number of benzene rings is 2. The van der Waals surface area contributed by atoms with Crippen molar-refractivity contribution in [2.45, 2.75) is 10.8 Å². The predicted octanol–water partition coefficient (Wildman–Crippen LogP) is 3.59. The summed E-state index contributed by atoms with van der Waals surface area (Å²) in [7, 11) is 1.53. The molecule has 0 amide bonds. The van der Waals surface area contributed by atoms with Gasteiger partial charge in [-0.05, 0) is 30.3 Å². The Morgan fingerprint density at radius 3 is 2.94 bits per heavy atom. The van der Waals surface area contributed by atoms with E-state index < -0.39 is 0 Å². The molecule has 0 bridgehead atoms. The number of aromatic amines is 1. The van der Waals surface area contributed by atoms with Gasteiger partial charge in [-0.15, -0.1) is 0 Å². The second-order valence-corrected chi connectivity index (χ2v) is 8.17. The fourth-order valence-corrected chi connectivity index (χ4v) is 4.57. The number of hydrogen-bond acceptors (Lipinski definition) is 8. The summed E-state index contributed by atoms with van der Waals surface area (Å²) in [6.07, 6.45) is 3.01. The number of thioether (sulfide) groups is 1. The number of nitrogen functional groups attached to an aromatic ring is 1. The minimum Gasteiger partial charge on any atom is -0.495 e. The fraction of sp³-hybridized carbons (Fsp3) is 0.0952. The lowest BCUT2D eigenvalue weighted by molar-refractivity contribution is 0.412. The zero-order chi connectivity index (χ0) is 22.2. The first-order valence-corrected chi connectivity index (χ1v) is 10.8. The van der Waals surface area contributed by atoms with Gasteiger partial charge in [0.15, 0.2) is 5.65 Å². The first kappa shape index (κ1) is 20.3. The van der Waals surface area contributed by atoms with Crippen LogP contribution in [0.15, 0.2) is 58.9 Å². The van der Waals surface area contributed by atoms with Crippen LogP contribution >= 0.6 is 23.4 Å². The third kappa shape index (κ3) is 3.43. The summed E-state index contributed by atoms with van der Waals surface area (Å²) in [5, 5.41) is 1.34. The van der Waals surface area contributed by atoms with Gasteiger partial charge in [-0.25, -0.2) is 19.9 Å². The van der Waals surface area contributed by atoms with Crippen molar-refractivity contribution in [2.24, 2.45) is 0 Å². The van der Waals surface area contributed by atoms with E-state index in [2.05, 4.69) is 19.9 Å². The van der Waals surface area contributed by atoms with Gasteiger partial charge >= 0.3 is 0 Å². The molecule has 9 nitrogen and oxygen atoms in total. The lowest BCUT2D eigenvalue weighted by atomic mass is 10.2. The molecule has 0 aliphatic heterocycles. The van der Waals surface area contributed by atoms with E-state index >= 15 is 0 Å². The van der Waals surface area contributed by atoms with Crippen molar-refractivity contribution in [3.05, 3.63) is 70.3 Å². The van der Waals surface area contributed by atoms with Crippen molar-refractivity contribution in [2.75, 3.05) is 12.8 Å². The van der Waals surface area contributed by atoms with E-state index in [-0.39, 0.29) is 5.56 Å². The minimum absolute atomic E-state index is 0.311. The monoisotopic (exact) mass is 465 g/mol. The Bertz CT molecular complexity index is 1530. The summed E-state index contributed by atoms with van der Waals surface area (Å²) in [6, 6.07) is 10.3. The van der Waals surface area contributed by atoms with Gasteiger partial charge in [-0.1, -0.05) is 29.4 Å². The Morgan fingerprint density at radius 2 is 2.09 bits per heavy atom. The van der Waals surface area contributed by atoms with Gasteiger partial charge in [0.2, 0.25) is 0 Å². The quantitative estimate of drug-likeness (QED) is 0.229. The molecule has 11 heteroatoms. The molecule has 0 unspecified atom stereocenters. The largest absolute Gasteiger partial charge is 0.495 e. The molecular weight excluding hydrogens is 450 g/mol. The number of nitrogens with zero attached hydrogens (tertiary/aromatic N) is 5. The molecule has 0 atom stereocenters. The Hall–Kier alpha value is -3.63. The number of nitrogens with one attached hydrogen (secondary N) is 1. The maximum atomic E-state index is 13.6. The Balaban J connectivity index is 1.71. The Morgan fingerprint density at radius 1 is 1.22 bits per heavy atom. The number of H-pyrrole nitrogens is 1. The fourth-order valence-electron chi connectivity index (χ4n) is 3.45. The molecule has 0 saturated heterocycles. The average molecular weight is 466 g/mol. The van der Waals surface area contributed by atoms with E-state index in [0.717, 1.165) is 5.52 Å². The topological polar surface area (TPSA) is 125 Å². The first-order valence-electron chi connectivity index (χ1n) is 9.47. The number of halogens is 1. The summed E-state index contributed by atoms with van der Waals surface area (Å²) in [5.74, 6) is 1.31. The molecule has 3 heterocycles. The van der Waals surface area contributed by atoms with Crippen molar-refractivity contribution in [3.63, 3.8) is 0 Å². The third-order valence-corrected chi connectivity index (χ3v) is 6.19. The van der Waals surface area contributed by atoms with Crippen molar-refractivity contribution in [3.8, 4) is 11.4 Å². The van der Waals surface area contributed by atoms with E-state index in [1.165, 1.54) is 29.8 Å². The number of aromatic nitrogens is 6. The summed E-state index contributed by atoms with van der Waals surface area (Å²) in [4.78, 5) is 34.1. The lowest BCUT2D eigenvalue weighted by Gasteiger charge is -2.17. The molecule has 32 heavy (non-hydrogen) atoms. The van der Waals surface area contributed by atoms with E-state index in [0.29, 0.717) is 55.3 Å². The molecule has 0 saturated carbocycles. The molecule has 2 aromatic carbocycles. The molecule has 5 aromatic rings. The van der Waals surface area contributed by atoms with Crippen LogP contribution in [0.25, 0.3) is 27.8 Å². The summed E-state index contributed by atoms with van der Waals surface area (Å²) in [5.41, 5.74) is 8.48. The molecule has 160 valence electrons. The van der Waals surface area contributed by atoms with Gasteiger partial charge in [-0.2, -0.15) is 0 Å². The van der Waals surface area contributed by atoms with Crippen LogP contribution in [0.3, 0.4) is 0 Å². The molecule has 0 aliphatic rings. The molecule has 3 N–H and O–H groups in total. The van der Waals surface area contributed by atoms with Crippen molar-refractivity contribution in [1.29, 1.82) is 0 Å². The van der Waals surface area contributed by atoms with E-state index in [1.807, 2.05) is 0 Å². The number of hydrogen-bond donors (Lipinski definition) is 2. The van der Waals surface area contributed by atoms with Crippen LogP contribution in [-0.2, 0) is 5.75 Å². The Kier molecular flexibility index (Phi) is 5.16. The highest BCUT2D eigenvalue weighted by Crippen LogP contribution is 2.30. The van der Waals surface area contributed by atoms with Crippen molar-refractivity contribution < 1.29 is 4.74 Å². The van der Waals surface area contributed by atoms with Crippen LogP contribution in [0.2, 0.25) is 5.02 Å². The number of imidazole rings is 1. The SMILES string of the molecule is COc1ccc(N)cc1-n1c(CSc2ncnc3nc[nH]c23)nc2cccc(Cl)c2c1=O. The van der Waals surface area contributed by atoms with Gasteiger partial charge in [-0.3, -0.25) is 9.36 Å². The van der Waals surface area contributed by atoms with E-state index in [9.17, 15) is 4.79 Å². The molecule has 0 fully saturated rings. The van der Waals surface area contributed by atoms with E-state index in [1.54, 1.807) is 42.7 Å². The van der Waals surface area contributed by atoms with Gasteiger partial charge in [0.25, 0.3) is 5.56 Å². The van der Waals surface area contributed by atoms with Crippen molar-refractivity contribution >= 4 is 51.1 Å². The highest BCUT2D eigenvalue weighted by atomic mass is 35.5. The normalized spacial score (nSPS) is 11.3. The summed E-state index contributed by atoms with van der Waals surface area (Å²) in [6.45, 7) is 0. The zero-order valence-corrected chi connectivity index (χ0v) is 18.3. The van der Waals surface area contributed by atoms with Gasteiger partial charge in [0.1, 0.15) is 28.4 Å². The molecule has 0 aliphatic carbocycles. The first-order chi connectivity index (χ1) is 15.6. The van der Waals surface area contributed by atoms with Crippen LogP contribution < -0.4 is 16.0 Å². The molecular formula is C21H16ClN7O2S. The number of fused-ring (bicyclic) bond motifs is 2. The molecule has 0 radical (unpaired) electrons. The van der Waals surface area contributed by atoms with Crippen LogP contribution in [-0.4, -0.2) is 36.6 Å². The number of anilines is 1. The van der Waals surface area contributed by atoms with E-state index in [4.69, 9.17) is 27.1 Å². The number of ether oxygens (including phenoxy) is 1. The molecule has 5 rings (SSSR count). The molecule has 3 aromatic heterocycles. The van der Waals surface area contributed by atoms with Crippen molar-refractivity contribution in [1.82, 2.24) is 29.5 Å². The van der Waals surface area contributed by atoms with Gasteiger partial charge in [0.05, 0.1) is 40.8 Å². The van der Waals surface area contributed by atoms with Crippen LogP contribution in [0.5, 0.6) is 5.75 Å². The third-order valence-electron chi connectivity index (χ3n) is 4.89. The summed E-state index contributed by atoms with van der Waals surface area (Å²) < 4.78 is 6.99. The zero-order valence-electron chi connectivity index (χ0n) is 16.7. The minimum atomic E-state index is -0.311. The maximum Gasteiger partial charge on any atom is 0.267 e. The maximum absolute atomic E-state index is 13.6. The van der Waals surface area contributed by atoms with Crippen LogP contribution in [0, 0.1) is 0 Å². The standard InChI is InChI=1S/C21H16ClN7O2S/c1-31-15-6-5-11(23)7-14(15)29-16(28-13-4-2-3-12(22)17(13)21(29)30)8-32-20-18-19(25-9-24-18)26-10-27-20/h2-7,9-10H,8,23H2,1H3,(H,24,25,26,27). The number of rotatable bonds is 5. The molecule has 0 spiro atoms.